The highest BCUT2D eigenvalue weighted by molar-refractivity contribution is 5.59. The third kappa shape index (κ3) is 2.37. The number of hydrogen-bond donors (Lipinski definition) is 1. The van der Waals surface area contributed by atoms with E-state index in [1.54, 1.807) is 6.07 Å². The van der Waals surface area contributed by atoms with Crippen molar-refractivity contribution in [2.24, 2.45) is 0 Å². The van der Waals surface area contributed by atoms with Crippen molar-refractivity contribution in [3.8, 4) is 11.3 Å². The second-order valence-electron chi connectivity index (χ2n) is 3.76. The molecule has 0 fully saturated rings. The molecule has 0 spiro atoms. The van der Waals surface area contributed by atoms with Gasteiger partial charge < -0.3 is 0 Å². The minimum Gasteiger partial charge on any atom is -0.268 e. The van der Waals surface area contributed by atoms with Crippen molar-refractivity contribution in [2.75, 3.05) is 0 Å². The standard InChI is InChI=1S/C13H14N2O/c1-2-4-10-5-3-6-11(9-10)12-7-8-13(16)15-14-12/h3,5-9H,2,4H2,1H3,(H,15,16). The molecule has 0 radical (unpaired) electrons. The van der Waals surface area contributed by atoms with Gasteiger partial charge in [0.15, 0.2) is 0 Å². The Morgan fingerprint density at radius 3 is 2.81 bits per heavy atom. The Hall–Kier alpha value is -1.90. The van der Waals surface area contributed by atoms with Crippen LogP contribution in [0.4, 0.5) is 0 Å². The highest BCUT2D eigenvalue weighted by Crippen LogP contribution is 2.17. The molecule has 1 N–H and O–H groups in total. The predicted octanol–water partition coefficient (Wildman–Crippen LogP) is 2.39. The number of aryl methyl sites for hydroxylation is 1. The van der Waals surface area contributed by atoms with Crippen LogP contribution < -0.4 is 5.56 Å². The van der Waals surface area contributed by atoms with E-state index in [1.165, 1.54) is 11.6 Å². The lowest BCUT2D eigenvalue weighted by molar-refractivity contribution is 0.921. The maximum Gasteiger partial charge on any atom is 0.264 e. The van der Waals surface area contributed by atoms with Gasteiger partial charge in [-0.1, -0.05) is 31.5 Å². The lowest BCUT2D eigenvalue weighted by Crippen LogP contribution is -2.05. The Kier molecular flexibility index (Phi) is 3.15. The van der Waals surface area contributed by atoms with Crippen LogP contribution in [0.3, 0.4) is 0 Å². The number of aromatic amines is 1. The molecule has 1 aromatic carbocycles. The van der Waals surface area contributed by atoms with Crippen LogP contribution >= 0.6 is 0 Å². The number of rotatable bonds is 3. The maximum atomic E-state index is 10.9. The first kappa shape index (κ1) is 10.6. The van der Waals surface area contributed by atoms with Gasteiger partial charge in [-0.25, -0.2) is 5.10 Å². The number of benzene rings is 1. The molecule has 16 heavy (non-hydrogen) atoms. The lowest BCUT2D eigenvalue weighted by atomic mass is 10.0. The molecular weight excluding hydrogens is 200 g/mol. The van der Waals surface area contributed by atoms with Crippen LogP contribution in [0.15, 0.2) is 41.2 Å². The first-order valence-electron chi connectivity index (χ1n) is 5.44. The van der Waals surface area contributed by atoms with Crippen LogP contribution in [0.25, 0.3) is 11.3 Å². The van der Waals surface area contributed by atoms with Crippen LogP contribution in [0.2, 0.25) is 0 Å². The Morgan fingerprint density at radius 2 is 2.12 bits per heavy atom. The largest absolute Gasteiger partial charge is 0.268 e. The normalized spacial score (nSPS) is 10.3. The van der Waals surface area contributed by atoms with Crippen LogP contribution in [0.5, 0.6) is 0 Å². The van der Waals surface area contributed by atoms with Gasteiger partial charge in [-0.05, 0) is 24.1 Å². The number of aromatic nitrogens is 2. The smallest absolute Gasteiger partial charge is 0.264 e. The predicted molar refractivity (Wildman–Crippen MR) is 64.3 cm³/mol. The minimum absolute atomic E-state index is 0.173. The van der Waals surface area contributed by atoms with Crippen LogP contribution in [0.1, 0.15) is 18.9 Å². The summed E-state index contributed by atoms with van der Waals surface area (Å²) in [6.07, 6.45) is 2.19. The summed E-state index contributed by atoms with van der Waals surface area (Å²) in [5, 5.41) is 6.46. The summed E-state index contributed by atoms with van der Waals surface area (Å²) >= 11 is 0. The van der Waals surface area contributed by atoms with E-state index in [0.717, 1.165) is 24.1 Å². The third-order valence-corrected chi connectivity index (χ3v) is 2.44. The first-order valence-corrected chi connectivity index (χ1v) is 5.44. The van der Waals surface area contributed by atoms with Crippen molar-refractivity contribution in [2.45, 2.75) is 19.8 Å². The van der Waals surface area contributed by atoms with Crippen molar-refractivity contribution < 1.29 is 0 Å². The van der Waals surface area contributed by atoms with E-state index in [9.17, 15) is 4.79 Å². The zero-order valence-corrected chi connectivity index (χ0v) is 9.23. The third-order valence-electron chi connectivity index (χ3n) is 2.44. The van der Waals surface area contributed by atoms with Crippen LogP contribution in [-0.4, -0.2) is 10.2 Å². The number of H-pyrrole nitrogens is 1. The molecule has 3 nitrogen and oxygen atoms in total. The zero-order valence-electron chi connectivity index (χ0n) is 9.23. The SMILES string of the molecule is CCCc1cccc(-c2ccc(=O)[nH]n2)c1. The van der Waals surface area contributed by atoms with Gasteiger partial charge in [0.1, 0.15) is 0 Å². The molecule has 1 heterocycles. The fourth-order valence-electron chi connectivity index (χ4n) is 1.68. The van der Waals surface area contributed by atoms with Gasteiger partial charge in [-0.3, -0.25) is 4.79 Å². The summed E-state index contributed by atoms with van der Waals surface area (Å²) in [5.41, 5.74) is 2.97. The molecule has 0 bridgehead atoms. The van der Waals surface area contributed by atoms with Crippen LogP contribution in [0, 0.1) is 0 Å². The second kappa shape index (κ2) is 4.75. The van der Waals surface area contributed by atoms with Crippen molar-refractivity contribution in [3.05, 3.63) is 52.3 Å². The molecule has 3 heteroatoms. The Labute approximate surface area is 94.2 Å². The summed E-state index contributed by atoms with van der Waals surface area (Å²) < 4.78 is 0. The van der Waals surface area contributed by atoms with E-state index in [1.807, 2.05) is 12.1 Å². The van der Waals surface area contributed by atoms with Crippen molar-refractivity contribution in [1.82, 2.24) is 10.2 Å². The van der Waals surface area contributed by atoms with Gasteiger partial charge in [-0.2, -0.15) is 5.10 Å². The average molecular weight is 214 g/mol. The first-order chi connectivity index (χ1) is 7.79. The summed E-state index contributed by atoms with van der Waals surface area (Å²) in [7, 11) is 0. The summed E-state index contributed by atoms with van der Waals surface area (Å²) in [5.74, 6) is 0. The molecule has 0 aliphatic heterocycles. The van der Waals surface area contributed by atoms with E-state index in [2.05, 4.69) is 29.3 Å². The number of hydrogen-bond acceptors (Lipinski definition) is 2. The molecule has 0 unspecified atom stereocenters. The molecular formula is C13H14N2O. The quantitative estimate of drug-likeness (QED) is 0.852. The molecule has 82 valence electrons. The van der Waals surface area contributed by atoms with E-state index < -0.39 is 0 Å². The van der Waals surface area contributed by atoms with Crippen LogP contribution in [-0.2, 0) is 6.42 Å². The van der Waals surface area contributed by atoms with Crippen molar-refractivity contribution in [3.63, 3.8) is 0 Å². The van der Waals surface area contributed by atoms with E-state index >= 15 is 0 Å². The maximum absolute atomic E-state index is 10.9. The topological polar surface area (TPSA) is 45.8 Å². The Bertz CT molecular complexity index is 511. The fraction of sp³-hybridized carbons (Fsp3) is 0.231. The van der Waals surface area contributed by atoms with Gasteiger partial charge in [0.2, 0.25) is 0 Å². The molecule has 2 aromatic rings. The van der Waals surface area contributed by atoms with Gasteiger partial charge in [-0.15, -0.1) is 0 Å². The molecule has 0 amide bonds. The molecule has 0 atom stereocenters. The second-order valence-corrected chi connectivity index (χ2v) is 3.76. The zero-order chi connectivity index (χ0) is 11.4. The number of nitrogens with one attached hydrogen (secondary N) is 1. The van der Waals surface area contributed by atoms with Gasteiger partial charge in [0.25, 0.3) is 5.56 Å². The average Bonchev–Trinajstić information content (AvgIpc) is 2.31. The summed E-state index contributed by atoms with van der Waals surface area (Å²) in [6.45, 7) is 2.16. The van der Waals surface area contributed by atoms with Crippen molar-refractivity contribution in [1.29, 1.82) is 0 Å². The minimum atomic E-state index is -0.173. The molecule has 0 aliphatic rings. The number of nitrogens with zero attached hydrogens (tertiary/aromatic N) is 1. The molecule has 2 rings (SSSR count). The summed E-state index contributed by atoms with van der Waals surface area (Å²) in [4.78, 5) is 10.9. The van der Waals surface area contributed by atoms with Gasteiger partial charge in [0.05, 0.1) is 5.69 Å². The fourth-order valence-corrected chi connectivity index (χ4v) is 1.68. The molecule has 0 saturated carbocycles. The Balaban J connectivity index is 2.36. The van der Waals surface area contributed by atoms with Gasteiger partial charge in [0, 0.05) is 11.6 Å². The van der Waals surface area contributed by atoms with E-state index in [0.29, 0.717) is 0 Å². The highest BCUT2D eigenvalue weighted by Gasteiger charge is 2.00. The Morgan fingerprint density at radius 1 is 1.25 bits per heavy atom. The van der Waals surface area contributed by atoms with E-state index in [-0.39, 0.29) is 5.56 Å². The monoisotopic (exact) mass is 214 g/mol. The lowest BCUT2D eigenvalue weighted by Gasteiger charge is -2.03. The van der Waals surface area contributed by atoms with Gasteiger partial charge >= 0.3 is 0 Å². The molecule has 1 aromatic heterocycles. The molecule has 0 saturated heterocycles. The highest BCUT2D eigenvalue weighted by atomic mass is 16.1. The molecule has 0 aliphatic carbocycles. The van der Waals surface area contributed by atoms with E-state index in [4.69, 9.17) is 0 Å². The van der Waals surface area contributed by atoms with Crippen molar-refractivity contribution >= 4 is 0 Å². The summed E-state index contributed by atoms with van der Waals surface area (Å²) in [6, 6.07) is 11.5.